The number of phenols is 1. The summed E-state index contributed by atoms with van der Waals surface area (Å²) in [6.45, 7) is 20.9. The lowest BCUT2D eigenvalue weighted by Gasteiger charge is -2.34. The van der Waals surface area contributed by atoms with Gasteiger partial charge in [0.2, 0.25) is 0 Å². The quantitative estimate of drug-likeness (QED) is 0.421. The van der Waals surface area contributed by atoms with Gasteiger partial charge in [-0.15, -0.1) is 0 Å². The number of nitrogens with one attached hydrogen (secondary N) is 1. The molecule has 2 aromatic carbocycles. The Morgan fingerprint density at radius 3 is 2.19 bits per heavy atom. The minimum atomic E-state index is -0.0933. The molecular weight excluding hydrogens is 397 g/mol. The summed E-state index contributed by atoms with van der Waals surface area (Å²) in [5, 5.41) is 16.1. The molecule has 0 heterocycles. The van der Waals surface area contributed by atoms with Crippen molar-refractivity contribution in [3.63, 3.8) is 0 Å². The summed E-state index contributed by atoms with van der Waals surface area (Å²) in [5.41, 5.74) is 4.89. The van der Waals surface area contributed by atoms with Crippen LogP contribution in [0, 0.1) is 6.92 Å². The van der Waals surface area contributed by atoms with Gasteiger partial charge >= 0.3 is 0 Å². The third-order valence-electron chi connectivity index (χ3n) is 6.03. The summed E-state index contributed by atoms with van der Waals surface area (Å²) in [6, 6.07) is 13.3. The maximum atomic E-state index is 11.2. The number of hydrogen-bond donors (Lipinski definition) is 2. The molecule has 0 bridgehead atoms. The monoisotopic (exact) mass is 441 g/mol. The van der Waals surface area contributed by atoms with Crippen LogP contribution in [-0.2, 0) is 17.1 Å². The van der Waals surface area contributed by atoms with Crippen molar-refractivity contribution in [1.82, 2.24) is 5.32 Å². The van der Waals surface area contributed by atoms with E-state index in [2.05, 4.69) is 97.1 Å². The highest BCUT2D eigenvalue weighted by molar-refractivity contribution is 7.48. The van der Waals surface area contributed by atoms with Crippen LogP contribution in [0.3, 0.4) is 0 Å². The fraction of sp³-hybridized carbons (Fsp3) is 0.571. The molecule has 0 fully saturated rings. The normalized spacial score (nSPS) is 14.9. The van der Waals surface area contributed by atoms with E-state index in [4.69, 9.17) is 0 Å². The number of aromatic hydroxyl groups is 1. The zero-order chi connectivity index (χ0) is 23.4. The first-order valence-electron chi connectivity index (χ1n) is 11.7. The number of rotatable bonds is 8. The Balaban J connectivity index is 2.53. The predicted octanol–water partition coefficient (Wildman–Crippen LogP) is 7.30. The van der Waals surface area contributed by atoms with Gasteiger partial charge in [0, 0.05) is 22.8 Å². The average molecular weight is 442 g/mol. The van der Waals surface area contributed by atoms with Crippen LogP contribution in [-0.4, -0.2) is 10.6 Å². The summed E-state index contributed by atoms with van der Waals surface area (Å²) in [7, 11) is 0.600. The van der Waals surface area contributed by atoms with E-state index >= 15 is 0 Å². The minimum absolute atomic E-state index is 0.0521. The van der Waals surface area contributed by atoms with Gasteiger partial charge in [0.15, 0.2) is 0 Å². The third kappa shape index (κ3) is 7.06. The van der Waals surface area contributed by atoms with Gasteiger partial charge in [-0.3, -0.25) is 0 Å². The molecule has 0 radical (unpaired) electrons. The molecule has 0 spiro atoms. The summed E-state index contributed by atoms with van der Waals surface area (Å²) in [5.74, 6) is 0.476. The summed E-state index contributed by atoms with van der Waals surface area (Å²) in [4.78, 5) is 0. The van der Waals surface area contributed by atoms with E-state index in [1.807, 2.05) is 6.92 Å². The Hall–Kier alpha value is -1.37. The van der Waals surface area contributed by atoms with Crippen molar-refractivity contribution in [2.24, 2.45) is 0 Å². The smallest absolute Gasteiger partial charge is 0.122 e. The highest BCUT2D eigenvalue weighted by Crippen LogP contribution is 2.50. The molecule has 0 aliphatic heterocycles. The standard InChI is InChI=1S/C28H44NOP/c1-10-11-16-28(9,23-18-22(26(3,4)5)17-20(2)25(23)30)31-24-15-13-12-14-21(24)19-29-27(6,7)8/h12-15,17-18,29-31H,10-11,16,19H2,1-9H3. The molecule has 2 rings (SSSR count). The van der Waals surface area contributed by atoms with E-state index in [0.717, 1.165) is 36.9 Å². The van der Waals surface area contributed by atoms with Gasteiger partial charge in [0.25, 0.3) is 0 Å². The van der Waals surface area contributed by atoms with Crippen molar-refractivity contribution in [3.05, 3.63) is 58.7 Å². The summed E-state index contributed by atoms with van der Waals surface area (Å²) < 4.78 is 0. The lowest BCUT2D eigenvalue weighted by atomic mass is 9.82. The SMILES string of the molecule is CCCCC(C)(Pc1ccccc1CNC(C)(C)C)c1cc(C(C)(C)C)cc(C)c1O. The molecule has 2 unspecified atom stereocenters. The Morgan fingerprint density at radius 1 is 0.968 bits per heavy atom. The van der Waals surface area contributed by atoms with Crippen LogP contribution in [0.15, 0.2) is 36.4 Å². The lowest BCUT2D eigenvalue weighted by Crippen LogP contribution is -2.36. The van der Waals surface area contributed by atoms with Crippen molar-refractivity contribution in [1.29, 1.82) is 0 Å². The third-order valence-corrected chi connectivity index (χ3v) is 7.86. The number of phenolic OH excluding ortho intramolecular Hbond substituents is 1. The Morgan fingerprint density at radius 2 is 1.61 bits per heavy atom. The second-order valence-electron chi connectivity index (χ2n) is 11.3. The summed E-state index contributed by atoms with van der Waals surface area (Å²) in [6.07, 6.45) is 3.39. The first kappa shape index (κ1) is 25.9. The first-order valence-corrected chi connectivity index (χ1v) is 12.7. The van der Waals surface area contributed by atoms with Crippen LogP contribution in [0.5, 0.6) is 5.75 Å². The second-order valence-corrected chi connectivity index (χ2v) is 13.2. The van der Waals surface area contributed by atoms with Crippen LogP contribution < -0.4 is 10.6 Å². The van der Waals surface area contributed by atoms with Gasteiger partial charge in [-0.05, 0) is 61.5 Å². The maximum Gasteiger partial charge on any atom is 0.122 e. The van der Waals surface area contributed by atoms with Gasteiger partial charge in [0.05, 0.1) is 0 Å². The van der Waals surface area contributed by atoms with Crippen LogP contribution in [0.1, 0.15) is 96.9 Å². The molecule has 0 aliphatic carbocycles. The van der Waals surface area contributed by atoms with E-state index in [1.54, 1.807) is 0 Å². The molecule has 2 N–H and O–H groups in total. The molecule has 172 valence electrons. The minimum Gasteiger partial charge on any atom is -0.507 e. The van der Waals surface area contributed by atoms with E-state index in [-0.39, 0.29) is 16.1 Å². The number of hydrogen-bond acceptors (Lipinski definition) is 2. The van der Waals surface area contributed by atoms with E-state index in [0.29, 0.717) is 14.3 Å². The van der Waals surface area contributed by atoms with Crippen molar-refractivity contribution in [3.8, 4) is 5.75 Å². The topological polar surface area (TPSA) is 32.3 Å². The van der Waals surface area contributed by atoms with Crippen molar-refractivity contribution in [2.45, 2.75) is 104 Å². The van der Waals surface area contributed by atoms with Crippen LogP contribution in [0.25, 0.3) is 0 Å². The zero-order valence-corrected chi connectivity index (χ0v) is 22.2. The molecule has 31 heavy (non-hydrogen) atoms. The summed E-state index contributed by atoms with van der Waals surface area (Å²) >= 11 is 0. The number of benzene rings is 2. The largest absolute Gasteiger partial charge is 0.507 e. The van der Waals surface area contributed by atoms with Crippen molar-refractivity contribution >= 4 is 13.9 Å². The molecule has 0 saturated carbocycles. The zero-order valence-electron chi connectivity index (χ0n) is 21.2. The molecule has 3 heteroatoms. The van der Waals surface area contributed by atoms with Gasteiger partial charge in [0.1, 0.15) is 5.75 Å². The fourth-order valence-corrected chi connectivity index (χ4v) is 5.62. The average Bonchev–Trinajstić information content (AvgIpc) is 2.66. The van der Waals surface area contributed by atoms with Crippen molar-refractivity contribution < 1.29 is 5.11 Å². The molecule has 0 aliphatic rings. The van der Waals surface area contributed by atoms with Crippen LogP contribution >= 0.6 is 8.58 Å². The predicted molar refractivity (Wildman–Crippen MR) is 139 cm³/mol. The molecule has 2 atom stereocenters. The van der Waals surface area contributed by atoms with E-state index < -0.39 is 0 Å². The molecule has 0 saturated heterocycles. The number of aryl methyl sites for hydroxylation is 1. The Bertz CT molecular complexity index is 876. The lowest BCUT2D eigenvalue weighted by molar-refractivity contribution is 0.425. The molecular formula is C28H44NOP. The van der Waals surface area contributed by atoms with Gasteiger partial charge in [-0.1, -0.05) is 92.4 Å². The Kier molecular flexibility index (Phi) is 8.39. The second kappa shape index (κ2) is 10.1. The molecule has 0 amide bonds. The van der Waals surface area contributed by atoms with Crippen LogP contribution in [0.2, 0.25) is 0 Å². The van der Waals surface area contributed by atoms with Gasteiger partial charge < -0.3 is 10.4 Å². The highest BCUT2D eigenvalue weighted by Gasteiger charge is 2.32. The fourth-order valence-electron chi connectivity index (χ4n) is 3.88. The molecule has 2 nitrogen and oxygen atoms in total. The van der Waals surface area contributed by atoms with Gasteiger partial charge in [-0.25, -0.2) is 0 Å². The van der Waals surface area contributed by atoms with E-state index in [1.165, 1.54) is 16.4 Å². The van der Waals surface area contributed by atoms with Gasteiger partial charge in [-0.2, -0.15) is 0 Å². The number of unbranched alkanes of at least 4 members (excludes halogenated alkanes) is 1. The highest BCUT2D eigenvalue weighted by atomic mass is 31.1. The van der Waals surface area contributed by atoms with E-state index in [9.17, 15) is 5.11 Å². The molecule has 2 aromatic rings. The maximum absolute atomic E-state index is 11.2. The van der Waals surface area contributed by atoms with Crippen LogP contribution in [0.4, 0.5) is 0 Å². The van der Waals surface area contributed by atoms with Crippen molar-refractivity contribution in [2.75, 3.05) is 0 Å². The Labute approximate surface area is 193 Å². The first-order chi connectivity index (χ1) is 14.3. The molecule has 0 aromatic heterocycles.